The Morgan fingerprint density at radius 3 is 3.00 bits per heavy atom. The van der Waals surface area contributed by atoms with E-state index in [9.17, 15) is 4.79 Å². The Morgan fingerprint density at radius 1 is 1.73 bits per heavy atom. The highest BCUT2D eigenvalue weighted by Crippen LogP contribution is 2.04. The standard InChI is InChI=1S/C8H13NO2/c1-7(10)9-5-3-4-8(6-9)11-2/h3-4,8H,5-6H2,1-2H3. The predicted molar refractivity (Wildman–Crippen MR) is 42.2 cm³/mol. The normalized spacial score (nSPS) is 23.8. The summed E-state index contributed by atoms with van der Waals surface area (Å²) in [4.78, 5) is 12.7. The Kier molecular flexibility index (Phi) is 2.65. The third-order valence-electron chi connectivity index (χ3n) is 1.82. The molecule has 1 heterocycles. The van der Waals surface area contributed by atoms with Gasteiger partial charge in [0.2, 0.25) is 5.91 Å². The second kappa shape index (κ2) is 3.53. The molecule has 1 rings (SSSR count). The Hall–Kier alpha value is -0.830. The van der Waals surface area contributed by atoms with Crippen molar-refractivity contribution in [3.63, 3.8) is 0 Å². The third kappa shape index (κ3) is 2.05. The molecule has 1 atom stereocenters. The summed E-state index contributed by atoms with van der Waals surface area (Å²) < 4.78 is 5.09. The van der Waals surface area contributed by atoms with Gasteiger partial charge in [-0.3, -0.25) is 4.79 Å². The molecule has 1 aliphatic rings. The lowest BCUT2D eigenvalue weighted by Crippen LogP contribution is -2.38. The summed E-state index contributed by atoms with van der Waals surface area (Å²) in [5.41, 5.74) is 0. The molecule has 0 fully saturated rings. The molecule has 0 bridgehead atoms. The van der Waals surface area contributed by atoms with Crippen molar-refractivity contribution in [1.82, 2.24) is 4.90 Å². The van der Waals surface area contributed by atoms with E-state index in [1.807, 2.05) is 12.2 Å². The largest absolute Gasteiger partial charge is 0.376 e. The average Bonchev–Trinajstić information content (AvgIpc) is 2.05. The smallest absolute Gasteiger partial charge is 0.219 e. The van der Waals surface area contributed by atoms with Crippen molar-refractivity contribution in [1.29, 1.82) is 0 Å². The van der Waals surface area contributed by atoms with Crippen LogP contribution in [0.25, 0.3) is 0 Å². The van der Waals surface area contributed by atoms with Crippen molar-refractivity contribution in [3.05, 3.63) is 12.2 Å². The van der Waals surface area contributed by atoms with Crippen LogP contribution in [0.1, 0.15) is 6.92 Å². The number of ether oxygens (including phenoxy) is 1. The van der Waals surface area contributed by atoms with E-state index >= 15 is 0 Å². The molecular formula is C8H13NO2. The minimum atomic E-state index is 0.0765. The second-order valence-electron chi connectivity index (χ2n) is 2.63. The molecule has 62 valence electrons. The van der Waals surface area contributed by atoms with E-state index in [-0.39, 0.29) is 12.0 Å². The maximum absolute atomic E-state index is 10.9. The van der Waals surface area contributed by atoms with Crippen molar-refractivity contribution < 1.29 is 9.53 Å². The molecule has 0 aromatic rings. The van der Waals surface area contributed by atoms with Gasteiger partial charge in [0.1, 0.15) is 0 Å². The van der Waals surface area contributed by atoms with Crippen LogP contribution >= 0.6 is 0 Å². The number of methoxy groups -OCH3 is 1. The van der Waals surface area contributed by atoms with Gasteiger partial charge in [-0.1, -0.05) is 12.2 Å². The minimum Gasteiger partial charge on any atom is -0.376 e. The fourth-order valence-corrected chi connectivity index (χ4v) is 1.10. The summed E-state index contributed by atoms with van der Waals surface area (Å²) in [5.74, 6) is 0.108. The van der Waals surface area contributed by atoms with Crippen LogP contribution in [0.3, 0.4) is 0 Å². The second-order valence-corrected chi connectivity index (χ2v) is 2.63. The average molecular weight is 155 g/mol. The zero-order chi connectivity index (χ0) is 8.27. The molecule has 0 saturated carbocycles. The molecule has 11 heavy (non-hydrogen) atoms. The van der Waals surface area contributed by atoms with Gasteiger partial charge in [0.15, 0.2) is 0 Å². The quantitative estimate of drug-likeness (QED) is 0.513. The van der Waals surface area contributed by atoms with Gasteiger partial charge in [-0.2, -0.15) is 0 Å². The molecule has 0 aliphatic carbocycles. The van der Waals surface area contributed by atoms with E-state index in [1.165, 1.54) is 0 Å². The number of rotatable bonds is 1. The molecule has 0 saturated heterocycles. The minimum absolute atomic E-state index is 0.0765. The van der Waals surface area contributed by atoms with E-state index in [0.29, 0.717) is 6.54 Å². The number of nitrogens with zero attached hydrogens (tertiary/aromatic N) is 1. The lowest BCUT2D eigenvalue weighted by atomic mass is 10.2. The molecular weight excluding hydrogens is 142 g/mol. The molecule has 1 unspecified atom stereocenters. The Balaban J connectivity index is 2.51. The molecule has 0 aromatic carbocycles. The summed E-state index contributed by atoms with van der Waals surface area (Å²) in [7, 11) is 1.65. The van der Waals surface area contributed by atoms with E-state index in [2.05, 4.69) is 0 Å². The molecule has 1 amide bonds. The van der Waals surface area contributed by atoms with E-state index in [0.717, 1.165) is 6.54 Å². The first-order valence-electron chi connectivity index (χ1n) is 3.69. The molecule has 3 heteroatoms. The van der Waals surface area contributed by atoms with E-state index in [1.54, 1.807) is 18.9 Å². The van der Waals surface area contributed by atoms with Crippen LogP contribution in [-0.2, 0) is 9.53 Å². The van der Waals surface area contributed by atoms with Gasteiger partial charge in [0.25, 0.3) is 0 Å². The van der Waals surface area contributed by atoms with Crippen molar-refractivity contribution in [2.45, 2.75) is 13.0 Å². The molecule has 0 aromatic heterocycles. The number of carbonyl (C=O) groups excluding carboxylic acids is 1. The Labute approximate surface area is 66.6 Å². The first-order chi connectivity index (χ1) is 5.24. The summed E-state index contributed by atoms with van der Waals surface area (Å²) in [6, 6.07) is 0. The van der Waals surface area contributed by atoms with Gasteiger partial charge < -0.3 is 9.64 Å². The highest BCUT2D eigenvalue weighted by Gasteiger charge is 2.15. The summed E-state index contributed by atoms with van der Waals surface area (Å²) in [6.45, 7) is 2.98. The van der Waals surface area contributed by atoms with Crippen molar-refractivity contribution >= 4 is 5.91 Å². The number of carbonyl (C=O) groups is 1. The van der Waals surface area contributed by atoms with Crippen molar-refractivity contribution in [2.24, 2.45) is 0 Å². The van der Waals surface area contributed by atoms with Crippen LogP contribution in [0.4, 0.5) is 0 Å². The fraction of sp³-hybridized carbons (Fsp3) is 0.625. The number of amides is 1. The molecule has 0 spiro atoms. The van der Waals surface area contributed by atoms with Crippen LogP contribution in [0.2, 0.25) is 0 Å². The lowest BCUT2D eigenvalue weighted by Gasteiger charge is -2.26. The summed E-state index contributed by atoms with van der Waals surface area (Å²) in [5, 5.41) is 0. The maximum atomic E-state index is 10.9. The molecule has 0 N–H and O–H groups in total. The van der Waals surface area contributed by atoms with Crippen LogP contribution in [0.15, 0.2) is 12.2 Å². The van der Waals surface area contributed by atoms with E-state index in [4.69, 9.17) is 4.74 Å². The van der Waals surface area contributed by atoms with Crippen LogP contribution in [0.5, 0.6) is 0 Å². The van der Waals surface area contributed by atoms with Crippen LogP contribution < -0.4 is 0 Å². The molecule has 1 aliphatic heterocycles. The summed E-state index contributed by atoms with van der Waals surface area (Å²) >= 11 is 0. The van der Waals surface area contributed by atoms with Crippen molar-refractivity contribution in [2.75, 3.05) is 20.2 Å². The Morgan fingerprint density at radius 2 is 2.45 bits per heavy atom. The highest BCUT2D eigenvalue weighted by molar-refractivity contribution is 5.73. The van der Waals surface area contributed by atoms with Crippen molar-refractivity contribution in [3.8, 4) is 0 Å². The number of hydrogen-bond donors (Lipinski definition) is 0. The SMILES string of the molecule is COC1C=CCN(C(C)=O)C1. The first kappa shape index (κ1) is 8.27. The lowest BCUT2D eigenvalue weighted by molar-refractivity contribution is -0.129. The molecule has 0 radical (unpaired) electrons. The summed E-state index contributed by atoms with van der Waals surface area (Å²) in [6.07, 6.45) is 4.02. The first-order valence-corrected chi connectivity index (χ1v) is 3.69. The van der Waals surface area contributed by atoms with Gasteiger partial charge in [0, 0.05) is 20.6 Å². The van der Waals surface area contributed by atoms with Gasteiger partial charge in [-0.25, -0.2) is 0 Å². The molecule has 3 nitrogen and oxygen atoms in total. The van der Waals surface area contributed by atoms with Crippen LogP contribution in [0, 0.1) is 0 Å². The zero-order valence-electron chi connectivity index (χ0n) is 6.91. The third-order valence-corrected chi connectivity index (χ3v) is 1.82. The zero-order valence-corrected chi connectivity index (χ0v) is 6.91. The predicted octanol–water partition coefficient (Wildman–Crippen LogP) is 0.420. The number of hydrogen-bond acceptors (Lipinski definition) is 2. The maximum Gasteiger partial charge on any atom is 0.219 e. The topological polar surface area (TPSA) is 29.5 Å². The van der Waals surface area contributed by atoms with Crippen LogP contribution in [-0.4, -0.2) is 37.1 Å². The Bertz CT molecular complexity index is 177. The van der Waals surface area contributed by atoms with Gasteiger partial charge in [-0.15, -0.1) is 0 Å². The van der Waals surface area contributed by atoms with Gasteiger partial charge >= 0.3 is 0 Å². The highest BCUT2D eigenvalue weighted by atomic mass is 16.5. The van der Waals surface area contributed by atoms with Gasteiger partial charge in [0.05, 0.1) is 12.6 Å². The van der Waals surface area contributed by atoms with Gasteiger partial charge in [-0.05, 0) is 0 Å². The van der Waals surface area contributed by atoms with E-state index < -0.39 is 0 Å². The fourth-order valence-electron chi connectivity index (χ4n) is 1.10. The monoisotopic (exact) mass is 155 g/mol.